The number of benzene rings is 2. The summed E-state index contributed by atoms with van der Waals surface area (Å²) < 4.78 is 22.7. The van der Waals surface area contributed by atoms with Gasteiger partial charge in [0, 0.05) is 11.9 Å². The van der Waals surface area contributed by atoms with E-state index < -0.39 is 10.0 Å². The second-order valence-electron chi connectivity index (χ2n) is 6.87. The van der Waals surface area contributed by atoms with E-state index in [-0.39, 0.29) is 16.8 Å². The SMILES string of the molecule is CC(c1ccc(S(N)(=O)=O)cc1)N(C)C(=O)CSc1ccc2c(c1)CCC2. The number of thioether (sulfide) groups is 1. The van der Waals surface area contributed by atoms with E-state index in [9.17, 15) is 13.2 Å². The summed E-state index contributed by atoms with van der Waals surface area (Å²) in [6.45, 7) is 1.92. The summed E-state index contributed by atoms with van der Waals surface area (Å²) in [5, 5.41) is 5.12. The van der Waals surface area contributed by atoms with Gasteiger partial charge in [-0.25, -0.2) is 13.6 Å². The number of carbonyl (C=O) groups is 1. The monoisotopic (exact) mass is 404 g/mol. The zero-order valence-corrected chi connectivity index (χ0v) is 17.1. The van der Waals surface area contributed by atoms with Crippen molar-refractivity contribution >= 4 is 27.7 Å². The van der Waals surface area contributed by atoms with Crippen molar-refractivity contribution in [1.29, 1.82) is 0 Å². The summed E-state index contributed by atoms with van der Waals surface area (Å²) in [5.41, 5.74) is 3.70. The summed E-state index contributed by atoms with van der Waals surface area (Å²) in [6, 6.07) is 12.6. The Morgan fingerprint density at radius 2 is 1.81 bits per heavy atom. The van der Waals surface area contributed by atoms with Crippen LogP contribution >= 0.6 is 11.8 Å². The van der Waals surface area contributed by atoms with Crippen molar-refractivity contribution in [1.82, 2.24) is 4.90 Å². The van der Waals surface area contributed by atoms with Gasteiger partial charge in [-0.2, -0.15) is 0 Å². The van der Waals surface area contributed by atoms with Gasteiger partial charge in [-0.15, -0.1) is 11.8 Å². The van der Waals surface area contributed by atoms with Crippen LogP contribution in [0.1, 0.15) is 36.1 Å². The standard InChI is InChI=1S/C20H24N2O3S2/c1-14(15-7-10-19(11-8-15)27(21,24)25)22(2)20(23)13-26-18-9-6-16-4-3-5-17(16)12-18/h6-12,14H,3-5,13H2,1-2H3,(H2,21,24,25). The Bertz CT molecular complexity index is 940. The lowest BCUT2D eigenvalue weighted by molar-refractivity contribution is -0.128. The first-order chi connectivity index (χ1) is 12.8. The third-order valence-electron chi connectivity index (χ3n) is 5.10. The maximum Gasteiger partial charge on any atom is 0.238 e. The second kappa shape index (κ2) is 8.04. The predicted octanol–water partition coefficient (Wildman–Crippen LogP) is 3.13. The van der Waals surface area contributed by atoms with Crippen molar-refractivity contribution < 1.29 is 13.2 Å². The van der Waals surface area contributed by atoms with Crippen LogP contribution in [0.25, 0.3) is 0 Å². The van der Waals surface area contributed by atoms with Crippen molar-refractivity contribution in [2.24, 2.45) is 5.14 Å². The molecule has 2 aromatic carbocycles. The largest absolute Gasteiger partial charge is 0.338 e. The number of fused-ring (bicyclic) bond motifs is 1. The molecule has 1 atom stereocenters. The highest BCUT2D eigenvalue weighted by atomic mass is 32.2. The zero-order chi connectivity index (χ0) is 19.6. The molecule has 27 heavy (non-hydrogen) atoms. The molecule has 0 heterocycles. The average Bonchev–Trinajstić information content (AvgIpc) is 3.12. The Balaban J connectivity index is 1.61. The number of nitrogens with two attached hydrogens (primary N) is 1. The average molecular weight is 405 g/mol. The maximum atomic E-state index is 12.6. The van der Waals surface area contributed by atoms with Gasteiger partial charge >= 0.3 is 0 Å². The molecule has 0 spiro atoms. The fourth-order valence-electron chi connectivity index (χ4n) is 3.26. The first-order valence-electron chi connectivity index (χ1n) is 8.89. The molecule has 0 aromatic heterocycles. The van der Waals surface area contributed by atoms with Crippen LogP contribution in [0.5, 0.6) is 0 Å². The number of primary sulfonamides is 1. The molecular formula is C20H24N2O3S2. The third-order valence-corrected chi connectivity index (χ3v) is 7.01. The minimum atomic E-state index is -3.71. The van der Waals surface area contributed by atoms with Gasteiger partial charge in [0.2, 0.25) is 15.9 Å². The number of aryl methyl sites for hydroxylation is 2. The van der Waals surface area contributed by atoms with Gasteiger partial charge in [-0.1, -0.05) is 18.2 Å². The maximum absolute atomic E-state index is 12.6. The number of sulfonamides is 1. The molecule has 2 aromatic rings. The first kappa shape index (κ1) is 19.9. The second-order valence-corrected chi connectivity index (χ2v) is 9.48. The van der Waals surface area contributed by atoms with E-state index in [1.165, 1.54) is 29.7 Å². The van der Waals surface area contributed by atoms with Crippen molar-refractivity contribution in [2.75, 3.05) is 12.8 Å². The van der Waals surface area contributed by atoms with E-state index in [4.69, 9.17) is 5.14 Å². The van der Waals surface area contributed by atoms with Crippen molar-refractivity contribution in [3.05, 3.63) is 59.2 Å². The lowest BCUT2D eigenvalue weighted by Gasteiger charge is -2.25. The molecule has 0 saturated heterocycles. The van der Waals surface area contributed by atoms with Crippen LogP contribution in [0.2, 0.25) is 0 Å². The summed E-state index contributed by atoms with van der Waals surface area (Å²) in [4.78, 5) is 15.5. The quantitative estimate of drug-likeness (QED) is 0.750. The number of rotatable bonds is 6. The molecule has 3 rings (SSSR count). The molecule has 1 amide bonds. The molecule has 5 nitrogen and oxygen atoms in total. The minimum Gasteiger partial charge on any atom is -0.338 e. The number of hydrogen-bond acceptors (Lipinski definition) is 4. The fourth-order valence-corrected chi connectivity index (χ4v) is 4.66. The molecule has 0 bridgehead atoms. The minimum absolute atomic E-state index is 0.0310. The summed E-state index contributed by atoms with van der Waals surface area (Å²) in [5.74, 6) is 0.401. The van der Waals surface area contributed by atoms with Crippen LogP contribution in [0.3, 0.4) is 0 Å². The number of hydrogen-bond donors (Lipinski definition) is 1. The highest BCUT2D eigenvalue weighted by molar-refractivity contribution is 8.00. The van der Waals surface area contributed by atoms with Crippen LogP contribution in [0.15, 0.2) is 52.3 Å². The van der Waals surface area contributed by atoms with Gasteiger partial charge in [0.1, 0.15) is 0 Å². The van der Waals surface area contributed by atoms with E-state index in [1.807, 2.05) is 6.92 Å². The van der Waals surface area contributed by atoms with Crippen LogP contribution in [-0.4, -0.2) is 32.0 Å². The Morgan fingerprint density at radius 1 is 1.15 bits per heavy atom. The van der Waals surface area contributed by atoms with E-state index in [1.54, 1.807) is 35.8 Å². The fraction of sp³-hybridized carbons (Fsp3) is 0.350. The normalized spacial score (nSPS) is 14.6. The zero-order valence-electron chi connectivity index (χ0n) is 15.5. The Morgan fingerprint density at radius 3 is 2.48 bits per heavy atom. The molecule has 0 radical (unpaired) electrons. The number of carbonyl (C=O) groups excluding carboxylic acids is 1. The lowest BCUT2D eigenvalue weighted by Crippen LogP contribution is -2.31. The molecule has 1 aliphatic rings. The van der Waals surface area contributed by atoms with Gasteiger partial charge in [0.25, 0.3) is 0 Å². The molecule has 0 aliphatic heterocycles. The summed E-state index contributed by atoms with van der Waals surface area (Å²) >= 11 is 1.55. The van der Waals surface area contributed by atoms with E-state index in [0.717, 1.165) is 23.3 Å². The topological polar surface area (TPSA) is 80.5 Å². The number of nitrogens with zero attached hydrogens (tertiary/aromatic N) is 1. The van der Waals surface area contributed by atoms with Gasteiger partial charge in [0.05, 0.1) is 16.7 Å². The van der Waals surface area contributed by atoms with E-state index in [2.05, 4.69) is 18.2 Å². The molecular weight excluding hydrogens is 380 g/mol. The van der Waals surface area contributed by atoms with Gasteiger partial charge < -0.3 is 4.90 Å². The molecule has 1 unspecified atom stereocenters. The van der Waals surface area contributed by atoms with Crippen LogP contribution in [0.4, 0.5) is 0 Å². The van der Waals surface area contributed by atoms with Crippen molar-refractivity contribution in [2.45, 2.75) is 42.0 Å². The lowest BCUT2D eigenvalue weighted by atomic mass is 10.1. The first-order valence-corrected chi connectivity index (χ1v) is 11.4. The Labute approximate surface area is 165 Å². The summed E-state index contributed by atoms with van der Waals surface area (Å²) in [7, 11) is -1.94. The van der Waals surface area contributed by atoms with E-state index >= 15 is 0 Å². The molecule has 0 saturated carbocycles. The summed E-state index contributed by atoms with van der Waals surface area (Å²) in [6.07, 6.45) is 3.50. The molecule has 144 valence electrons. The van der Waals surface area contributed by atoms with Crippen LogP contribution in [-0.2, 0) is 27.7 Å². The molecule has 1 aliphatic carbocycles. The highest BCUT2D eigenvalue weighted by Gasteiger charge is 2.19. The van der Waals surface area contributed by atoms with Crippen molar-refractivity contribution in [3.63, 3.8) is 0 Å². The number of amides is 1. The Hall–Kier alpha value is -1.83. The van der Waals surface area contributed by atoms with Crippen LogP contribution in [0, 0.1) is 0 Å². The Kier molecular flexibility index (Phi) is 5.93. The molecule has 7 heteroatoms. The molecule has 2 N–H and O–H groups in total. The van der Waals surface area contributed by atoms with Crippen molar-refractivity contribution in [3.8, 4) is 0 Å². The molecule has 0 fully saturated rings. The smallest absolute Gasteiger partial charge is 0.238 e. The van der Waals surface area contributed by atoms with Gasteiger partial charge in [0.15, 0.2) is 0 Å². The van der Waals surface area contributed by atoms with Crippen LogP contribution < -0.4 is 5.14 Å². The highest BCUT2D eigenvalue weighted by Crippen LogP contribution is 2.28. The predicted molar refractivity (Wildman–Crippen MR) is 108 cm³/mol. The third kappa shape index (κ3) is 4.72. The van der Waals surface area contributed by atoms with Gasteiger partial charge in [-0.3, -0.25) is 4.79 Å². The van der Waals surface area contributed by atoms with Gasteiger partial charge in [-0.05, 0) is 67.1 Å². The van der Waals surface area contributed by atoms with E-state index in [0.29, 0.717) is 5.75 Å².